The van der Waals surface area contributed by atoms with Crippen molar-refractivity contribution in [1.82, 2.24) is 19.4 Å². The summed E-state index contributed by atoms with van der Waals surface area (Å²) in [5.74, 6) is 0. The second kappa shape index (κ2) is 3.79. The van der Waals surface area contributed by atoms with Crippen molar-refractivity contribution in [3.63, 3.8) is 0 Å². The van der Waals surface area contributed by atoms with E-state index in [-0.39, 0.29) is 0 Å². The molecule has 3 aromatic heterocycles. The minimum Gasteiger partial charge on any atom is -0.296 e. The van der Waals surface area contributed by atoms with Gasteiger partial charge in [-0.05, 0) is 12.1 Å². The van der Waals surface area contributed by atoms with Gasteiger partial charge < -0.3 is 0 Å². The number of fused-ring (bicyclic) bond motifs is 1. The molecule has 0 bridgehead atoms. The minimum absolute atomic E-state index is 0.507. The Kier molecular flexibility index (Phi) is 2.15. The summed E-state index contributed by atoms with van der Waals surface area (Å²) in [5, 5.41) is 0. The summed E-state index contributed by atoms with van der Waals surface area (Å²) in [6, 6.07) is 3.76. The molecule has 0 aliphatic heterocycles. The molecule has 0 aliphatic carbocycles. The molecule has 0 fully saturated rings. The summed E-state index contributed by atoms with van der Waals surface area (Å²) in [5.41, 5.74) is 2.82. The van der Waals surface area contributed by atoms with Crippen molar-refractivity contribution in [2.75, 3.05) is 0 Å². The third-order valence-electron chi connectivity index (χ3n) is 2.50. The van der Waals surface area contributed by atoms with Gasteiger partial charge in [-0.3, -0.25) is 19.2 Å². The Morgan fingerprint density at radius 1 is 1.18 bits per heavy atom. The smallest absolute Gasteiger partial charge is 0.168 e. The third kappa shape index (κ3) is 1.57. The first kappa shape index (κ1) is 9.65. The molecule has 0 aliphatic rings. The van der Waals surface area contributed by atoms with Gasteiger partial charge in [-0.15, -0.1) is 0 Å². The predicted octanol–water partition coefficient (Wildman–Crippen LogP) is 1.60. The van der Waals surface area contributed by atoms with E-state index in [1.54, 1.807) is 29.2 Å². The molecule has 0 atom stereocenters. The van der Waals surface area contributed by atoms with Crippen LogP contribution < -0.4 is 0 Å². The van der Waals surface area contributed by atoms with E-state index in [4.69, 9.17) is 0 Å². The second-order valence-electron chi connectivity index (χ2n) is 3.54. The van der Waals surface area contributed by atoms with E-state index in [1.165, 1.54) is 6.20 Å². The fourth-order valence-corrected chi connectivity index (χ4v) is 1.66. The topological polar surface area (TPSA) is 60.2 Å². The zero-order chi connectivity index (χ0) is 11.7. The monoisotopic (exact) mass is 224 g/mol. The molecule has 3 heterocycles. The number of pyridine rings is 1. The highest BCUT2D eigenvalue weighted by atomic mass is 16.1. The van der Waals surface area contributed by atoms with Gasteiger partial charge in [0.25, 0.3) is 0 Å². The van der Waals surface area contributed by atoms with Crippen LogP contribution in [0.5, 0.6) is 0 Å². The first-order valence-corrected chi connectivity index (χ1v) is 5.07. The summed E-state index contributed by atoms with van der Waals surface area (Å²) < 4.78 is 1.71. The molecule has 0 saturated carbocycles. The average molecular weight is 224 g/mol. The van der Waals surface area contributed by atoms with E-state index in [1.807, 2.05) is 12.1 Å². The van der Waals surface area contributed by atoms with Gasteiger partial charge in [0.15, 0.2) is 11.9 Å². The van der Waals surface area contributed by atoms with Crippen LogP contribution in [0.15, 0.2) is 43.1 Å². The molecular formula is C12H8N4O. The second-order valence-corrected chi connectivity index (χ2v) is 3.54. The van der Waals surface area contributed by atoms with Crippen LogP contribution in [-0.4, -0.2) is 25.6 Å². The van der Waals surface area contributed by atoms with Gasteiger partial charge in [0.05, 0.1) is 18.1 Å². The lowest BCUT2D eigenvalue weighted by atomic mass is 10.2. The summed E-state index contributed by atoms with van der Waals surface area (Å²) in [6.07, 6.45) is 9.14. The van der Waals surface area contributed by atoms with Crippen molar-refractivity contribution in [2.24, 2.45) is 0 Å². The van der Waals surface area contributed by atoms with Crippen LogP contribution in [0.3, 0.4) is 0 Å². The molecule has 0 radical (unpaired) electrons. The minimum atomic E-state index is 0.507. The summed E-state index contributed by atoms with van der Waals surface area (Å²) in [4.78, 5) is 23.2. The summed E-state index contributed by atoms with van der Waals surface area (Å²) >= 11 is 0. The van der Waals surface area contributed by atoms with E-state index in [2.05, 4.69) is 15.0 Å². The standard InChI is InChI=1S/C12H8N4O/c17-8-10-5-15-12-6-14-11(7-16(10)12)9-2-1-3-13-4-9/h1-8H. The molecule has 0 saturated heterocycles. The molecule has 0 spiro atoms. The molecule has 82 valence electrons. The van der Waals surface area contributed by atoms with Crippen molar-refractivity contribution in [3.8, 4) is 11.3 Å². The van der Waals surface area contributed by atoms with Crippen molar-refractivity contribution in [2.45, 2.75) is 0 Å². The molecule has 0 N–H and O–H groups in total. The zero-order valence-electron chi connectivity index (χ0n) is 8.82. The van der Waals surface area contributed by atoms with Crippen LogP contribution in [0.4, 0.5) is 0 Å². The van der Waals surface area contributed by atoms with Crippen LogP contribution in [0.25, 0.3) is 16.9 Å². The van der Waals surface area contributed by atoms with Crippen molar-refractivity contribution in [1.29, 1.82) is 0 Å². The molecule has 0 amide bonds. The summed E-state index contributed by atoms with van der Waals surface area (Å²) in [7, 11) is 0. The van der Waals surface area contributed by atoms with Gasteiger partial charge in [0.2, 0.25) is 0 Å². The molecular weight excluding hydrogens is 216 g/mol. The maximum atomic E-state index is 10.8. The van der Waals surface area contributed by atoms with Gasteiger partial charge in [0, 0.05) is 24.2 Å². The van der Waals surface area contributed by atoms with Gasteiger partial charge in [-0.1, -0.05) is 0 Å². The Morgan fingerprint density at radius 2 is 2.12 bits per heavy atom. The lowest BCUT2D eigenvalue weighted by Gasteiger charge is -2.01. The normalized spacial score (nSPS) is 10.6. The zero-order valence-corrected chi connectivity index (χ0v) is 8.82. The molecule has 3 rings (SSSR count). The number of hydrogen-bond acceptors (Lipinski definition) is 4. The number of rotatable bonds is 2. The van der Waals surface area contributed by atoms with Crippen LogP contribution in [0.2, 0.25) is 0 Å². The first-order valence-electron chi connectivity index (χ1n) is 5.07. The van der Waals surface area contributed by atoms with Crippen molar-refractivity contribution < 1.29 is 4.79 Å². The first-order chi connectivity index (χ1) is 8.38. The van der Waals surface area contributed by atoms with Crippen LogP contribution in [0.1, 0.15) is 10.5 Å². The lowest BCUT2D eigenvalue weighted by molar-refractivity contribution is 0.111. The Hall–Kier alpha value is -2.56. The Balaban J connectivity index is 2.22. The lowest BCUT2D eigenvalue weighted by Crippen LogP contribution is -1.94. The molecule has 3 aromatic rings. The van der Waals surface area contributed by atoms with E-state index in [0.717, 1.165) is 17.5 Å². The number of carbonyl (C=O) groups excluding carboxylic acids is 1. The highest BCUT2D eigenvalue weighted by molar-refractivity contribution is 5.74. The third-order valence-corrected chi connectivity index (χ3v) is 2.50. The van der Waals surface area contributed by atoms with E-state index < -0.39 is 0 Å². The largest absolute Gasteiger partial charge is 0.296 e. The molecule has 0 unspecified atom stereocenters. The fraction of sp³-hybridized carbons (Fsp3) is 0. The number of aldehydes is 1. The summed E-state index contributed by atoms with van der Waals surface area (Å²) in [6.45, 7) is 0. The SMILES string of the molecule is O=Cc1cnc2cnc(-c3cccnc3)cn12. The highest BCUT2D eigenvalue weighted by Crippen LogP contribution is 2.16. The maximum absolute atomic E-state index is 10.8. The fourth-order valence-electron chi connectivity index (χ4n) is 1.66. The van der Waals surface area contributed by atoms with E-state index >= 15 is 0 Å². The van der Waals surface area contributed by atoms with Crippen molar-refractivity contribution in [3.05, 3.63) is 48.8 Å². The highest BCUT2D eigenvalue weighted by Gasteiger charge is 2.05. The van der Waals surface area contributed by atoms with Gasteiger partial charge in [-0.25, -0.2) is 4.98 Å². The van der Waals surface area contributed by atoms with Crippen LogP contribution in [0, 0.1) is 0 Å². The molecule has 17 heavy (non-hydrogen) atoms. The Bertz CT molecular complexity index is 675. The average Bonchev–Trinajstić information content (AvgIpc) is 2.81. The van der Waals surface area contributed by atoms with Gasteiger partial charge in [0.1, 0.15) is 5.69 Å². The number of nitrogens with zero attached hydrogens (tertiary/aromatic N) is 4. The molecule has 5 heteroatoms. The van der Waals surface area contributed by atoms with Gasteiger partial charge in [-0.2, -0.15) is 0 Å². The Morgan fingerprint density at radius 3 is 2.88 bits per heavy atom. The molecule has 5 nitrogen and oxygen atoms in total. The van der Waals surface area contributed by atoms with E-state index in [0.29, 0.717) is 11.3 Å². The molecule has 0 aromatic carbocycles. The predicted molar refractivity (Wildman–Crippen MR) is 61.6 cm³/mol. The van der Waals surface area contributed by atoms with Crippen molar-refractivity contribution >= 4 is 11.9 Å². The van der Waals surface area contributed by atoms with Crippen LogP contribution >= 0.6 is 0 Å². The van der Waals surface area contributed by atoms with Crippen LogP contribution in [-0.2, 0) is 0 Å². The maximum Gasteiger partial charge on any atom is 0.168 e. The number of imidazole rings is 1. The number of hydrogen-bond donors (Lipinski definition) is 0. The number of carbonyl (C=O) groups is 1. The quantitative estimate of drug-likeness (QED) is 0.620. The van der Waals surface area contributed by atoms with Gasteiger partial charge >= 0.3 is 0 Å². The van der Waals surface area contributed by atoms with E-state index in [9.17, 15) is 4.79 Å². The Labute approximate surface area is 96.8 Å². The number of aromatic nitrogens is 4.